The smallest absolute Gasteiger partial charge is 0.326 e. The van der Waals surface area contributed by atoms with Gasteiger partial charge >= 0.3 is 5.97 Å². The van der Waals surface area contributed by atoms with E-state index in [1.165, 1.54) is 11.8 Å². The predicted octanol–water partition coefficient (Wildman–Crippen LogP) is 3.74. The lowest BCUT2D eigenvalue weighted by molar-refractivity contribution is -0.144. The standard InChI is InChI=1S/C21H23NO4S/c1-16-8-6-7-11-19(16)22(20(24)12-13-27-17(2)23)14-21(25)26-15-18-9-4-3-5-10-18/h3-11H,12-15H2,1-2H3. The molecule has 0 radical (unpaired) electrons. The average Bonchev–Trinajstić information content (AvgIpc) is 2.65. The van der Waals surface area contributed by atoms with Crippen molar-refractivity contribution in [3.05, 3.63) is 65.7 Å². The molecular weight excluding hydrogens is 362 g/mol. The van der Waals surface area contributed by atoms with Crippen molar-refractivity contribution in [2.75, 3.05) is 17.2 Å². The number of rotatable bonds is 8. The minimum absolute atomic E-state index is 0.0347. The van der Waals surface area contributed by atoms with Crippen molar-refractivity contribution < 1.29 is 19.1 Å². The molecule has 27 heavy (non-hydrogen) atoms. The Morgan fingerprint density at radius 1 is 1.00 bits per heavy atom. The Morgan fingerprint density at radius 2 is 1.67 bits per heavy atom. The number of esters is 1. The molecule has 0 unspecified atom stereocenters. The molecule has 2 aromatic rings. The molecular formula is C21H23NO4S. The molecule has 0 bridgehead atoms. The Bertz CT molecular complexity index is 792. The molecule has 0 aromatic heterocycles. The molecule has 0 aliphatic heterocycles. The Kier molecular flexibility index (Phi) is 8.07. The highest BCUT2D eigenvalue weighted by atomic mass is 32.2. The first-order chi connectivity index (χ1) is 13.0. The molecule has 0 saturated carbocycles. The van der Waals surface area contributed by atoms with Crippen LogP contribution in [0, 0.1) is 6.92 Å². The van der Waals surface area contributed by atoms with E-state index in [1.807, 2.05) is 55.5 Å². The summed E-state index contributed by atoms with van der Waals surface area (Å²) < 4.78 is 5.32. The summed E-state index contributed by atoms with van der Waals surface area (Å²) in [7, 11) is 0. The second-order valence-corrected chi connectivity index (χ2v) is 7.27. The number of hydrogen-bond donors (Lipinski definition) is 0. The predicted molar refractivity (Wildman–Crippen MR) is 108 cm³/mol. The van der Waals surface area contributed by atoms with Gasteiger partial charge in [0.2, 0.25) is 5.91 Å². The number of para-hydroxylation sites is 1. The molecule has 0 saturated heterocycles. The van der Waals surface area contributed by atoms with Gasteiger partial charge in [0.1, 0.15) is 13.2 Å². The van der Waals surface area contributed by atoms with Crippen LogP contribution in [0.5, 0.6) is 0 Å². The number of thioether (sulfide) groups is 1. The molecule has 0 heterocycles. The van der Waals surface area contributed by atoms with E-state index in [0.717, 1.165) is 22.9 Å². The minimum Gasteiger partial charge on any atom is -0.459 e. The number of amides is 1. The van der Waals surface area contributed by atoms with Crippen LogP contribution in [-0.4, -0.2) is 29.3 Å². The second-order valence-electron chi connectivity index (χ2n) is 6.00. The lowest BCUT2D eigenvalue weighted by Crippen LogP contribution is -2.37. The van der Waals surface area contributed by atoms with Crippen molar-refractivity contribution in [1.82, 2.24) is 0 Å². The van der Waals surface area contributed by atoms with Crippen LogP contribution in [0.15, 0.2) is 54.6 Å². The van der Waals surface area contributed by atoms with Crippen molar-refractivity contribution in [2.45, 2.75) is 26.9 Å². The summed E-state index contributed by atoms with van der Waals surface area (Å²) >= 11 is 1.10. The summed E-state index contributed by atoms with van der Waals surface area (Å²) in [4.78, 5) is 37.5. The van der Waals surface area contributed by atoms with Crippen LogP contribution in [0.4, 0.5) is 5.69 Å². The maximum Gasteiger partial charge on any atom is 0.326 e. The second kappa shape index (κ2) is 10.5. The van der Waals surface area contributed by atoms with Crippen LogP contribution in [0.1, 0.15) is 24.5 Å². The molecule has 6 heteroatoms. The molecule has 5 nitrogen and oxygen atoms in total. The number of benzene rings is 2. The van der Waals surface area contributed by atoms with Gasteiger partial charge in [-0.05, 0) is 24.1 Å². The van der Waals surface area contributed by atoms with Crippen LogP contribution in [-0.2, 0) is 25.7 Å². The summed E-state index contributed by atoms with van der Waals surface area (Å²) in [5.74, 6) is -0.306. The topological polar surface area (TPSA) is 63.7 Å². The fourth-order valence-electron chi connectivity index (χ4n) is 2.50. The van der Waals surface area contributed by atoms with Gasteiger partial charge in [0, 0.05) is 24.8 Å². The van der Waals surface area contributed by atoms with E-state index in [9.17, 15) is 14.4 Å². The fourth-order valence-corrected chi connectivity index (χ4v) is 3.07. The lowest BCUT2D eigenvalue weighted by Gasteiger charge is -2.23. The van der Waals surface area contributed by atoms with Gasteiger partial charge in [-0.3, -0.25) is 14.4 Å². The number of ether oxygens (including phenoxy) is 1. The molecule has 1 amide bonds. The number of nitrogens with zero attached hydrogens (tertiary/aromatic N) is 1. The van der Waals surface area contributed by atoms with Crippen LogP contribution < -0.4 is 4.90 Å². The Labute approximate surface area is 163 Å². The van der Waals surface area contributed by atoms with E-state index in [1.54, 1.807) is 6.07 Å². The largest absolute Gasteiger partial charge is 0.459 e. The number of carbonyl (C=O) groups is 3. The zero-order chi connectivity index (χ0) is 19.6. The molecule has 2 aromatic carbocycles. The van der Waals surface area contributed by atoms with Gasteiger partial charge in [-0.2, -0.15) is 0 Å². The van der Waals surface area contributed by atoms with E-state index in [-0.39, 0.29) is 30.6 Å². The van der Waals surface area contributed by atoms with Gasteiger partial charge in [0.05, 0.1) is 0 Å². The van der Waals surface area contributed by atoms with Crippen molar-refractivity contribution in [1.29, 1.82) is 0 Å². The fraction of sp³-hybridized carbons (Fsp3) is 0.286. The third kappa shape index (κ3) is 6.90. The van der Waals surface area contributed by atoms with E-state index < -0.39 is 5.97 Å². The third-order valence-corrected chi connectivity index (χ3v) is 4.67. The van der Waals surface area contributed by atoms with Gasteiger partial charge in [-0.25, -0.2) is 0 Å². The monoisotopic (exact) mass is 385 g/mol. The zero-order valence-corrected chi connectivity index (χ0v) is 16.3. The van der Waals surface area contributed by atoms with E-state index in [2.05, 4.69) is 0 Å². The average molecular weight is 385 g/mol. The molecule has 2 rings (SSSR count). The SMILES string of the molecule is CC(=O)SCCC(=O)N(CC(=O)OCc1ccccc1)c1ccccc1C. The van der Waals surface area contributed by atoms with Gasteiger partial charge in [0.15, 0.2) is 5.12 Å². The molecule has 0 spiro atoms. The van der Waals surface area contributed by atoms with E-state index >= 15 is 0 Å². The quantitative estimate of drug-likeness (QED) is 0.648. The van der Waals surface area contributed by atoms with Gasteiger partial charge in [-0.15, -0.1) is 0 Å². The highest BCUT2D eigenvalue weighted by Crippen LogP contribution is 2.21. The Balaban J connectivity index is 2.05. The van der Waals surface area contributed by atoms with E-state index in [4.69, 9.17) is 4.74 Å². The lowest BCUT2D eigenvalue weighted by atomic mass is 10.1. The Morgan fingerprint density at radius 3 is 2.33 bits per heavy atom. The molecule has 0 N–H and O–H groups in total. The first kappa shape index (κ1) is 20.7. The molecule has 0 atom stereocenters. The zero-order valence-electron chi connectivity index (χ0n) is 15.5. The van der Waals surface area contributed by atoms with Crippen LogP contribution >= 0.6 is 11.8 Å². The van der Waals surface area contributed by atoms with Gasteiger partial charge in [-0.1, -0.05) is 60.3 Å². The molecule has 0 aliphatic carbocycles. The number of anilines is 1. The van der Waals surface area contributed by atoms with Crippen molar-refractivity contribution in [3.63, 3.8) is 0 Å². The van der Waals surface area contributed by atoms with Crippen molar-refractivity contribution in [3.8, 4) is 0 Å². The Hall–Kier alpha value is -2.60. The highest BCUT2D eigenvalue weighted by Gasteiger charge is 2.21. The van der Waals surface area contributed by atoms with E-state index in [0.29, 0.717) is 11.4 Å². The molecule has 142 valence electrons. The van der Waals surface area contributed by atoms with Gasteiger partial charge < -0.3 is 9.64 Å². The maximum atomic E-state index is 12.7. The first-order valence-electron chi connectivity index (χ1n) is 8.66. The van der Waals surface area contributed by atoms with Gasteiger partial charge in [0.25, 0.3) is 0 Å². The number of hydrogen-bond acceptors (Lipinski definition) is 5. The molecule has 0 aliphatic rings. The van der Waals surface area contributed by atoms with Crippen molar-refractivity contribution in [2.24, 2.45) is 0 Å². The first-order valence-corrected chi connectivity index (χ1v) is 9.65. The summed E-state index contributed by atoms with van der Waals surface area (Å²) in [6.45, 7) is 3.35. The summed E-state index contributed by atoms with van der Waals surface area (Å²) in [5.41, 5.74) is 2.45. The summed E-state index contributed by atoms with van der Waals surface area (Å²) in [6.07, 6.45) is 0.171. The normalized spacial score (nSPS) is 10.3. The number of aryl methyl sites for hydroxylation is 1. The minimum atomic E-state index is -0.477. The van der Waals surface area contributed by atoms with Crippen molar-refractivity contribution >= 4 is 34.4 Å². The summed E-state index contributed by atoms with van der Waals surface area (Å²) in [5, 5.41) is -0.0347. The maximum absolute atomic E-state index is 12.7. The third-order valence-electron chi connectivity index (χ3n) is 3.86. The number of carbonyl (C=O) groups excluding carboxylic acids is 3. The summed E-state index contributed by atoms with van der Waals surface area (Å²) in [6, 6.07) is 16.8. The highest BCUT2D eigenvalue weighted by molar-refractivity contribution is 8.13. The van der Waals surface area contributed by atoms with Crippen LogP contribution in [0.25, 0.3) is 0 Å². The van der Waals surface area contributed by atoms with Crippen LogP contribution in [0.3, 0.4) is 0 Å². The molecule has 0 fully saturated rings. The van der Waals surface area contributed by atoms with Crippen LogP contribution in [0.2, 0.25) is 0 Å².